The minimum Gasteiger partial charge on any atom is -0.494 e. The number of rotatable bonds is 7. The molecule has 7 nitrogen and oxygen atoms in total. The number of nitrogens with zero attached hydrogens (tertiary/aromatic N) is 1. The minimum absolute atomic E-state index is 0.105. The molecule has 1 saturated heterocycles. The molecule has 1 aliphatic heterocycles. The molecule has 2 aromatic carbocycles. The highest BCUT2D eigenvalue weighted by Gasteiger charge is 2.35. The smallest absolute Gasteiger partial charge is 0.227 e. The molecule has 152 valence electrons. The molecule has 0 aliphatic carbocycles. The van der Waals surface area contributed by atoms with Crippen LogP contribution in [0.2, 0.25) is 0 Å². The molecule has 1 fully saturated rings. The monoisotopic (exact) mass is 395 g/mol. The van der Waals surface area contributed by atoms with Gasteiger partial charge in [0, 0.05) is 37.8 Å². The average molecular weight is 395 g/mol. The lowest BCUT2D eigenvalue weighted by Crippen LogP contribution is -2.32. The first-order chi connectivity index (χ1) is 14.0. The highest BCUT2D eigenvalue weighted by atomic mass is 16.5. The van der Waals surface area contributed by atoms with E-state index < -0.39 is 5.92 Å². The number of nitrogens with one attached hydrogen (secondary N) is 2. The van der Waals surface area contributed by atoms with Crippen LogP contribution in [0.5, 0.6) is 5.75 Å². The van der Waals surface area contributed by atoms with Gasteiger partial charge in [0.25, 0.3) is 0 Å². The number of anilines is 2. The Morgan fingerprint density at radius 1 is 1.17 bits per heavy atom. The van der Waals surface area contributed by atoms with E-state index in [1.165, 1.54) is 6.92 Å². The van der Waals surface area contributed by atoms with Gasteiger partial charge in [-0.05, 0) is 42.8 Å². The Labute approximate surface area is 170 Å². The van der Waals surface area contributed by atoms with Crippen LogP contribution in [-0.4, -0.2) is 30.9 Å². The van der Waals surface area contributed by atoms with Crippen LogP contribution < -0.4 is 20.3 Å². The van der Waals surface area contributed by atoms with Crippen molar-refractivity contribution in [1.29, 1.82) is 0 Å². The maximum Gasteiger partial charge on any atom is 0.227 e. The van der Waals surface area contributed by atoms with E-state index >= 15 is 0 Å². The van der Waals surface area contributed by atoms with Crippen molar-refractivity contribution in [3.05, 3.63) is 54.1 Å². The number of carbonyl (C=O) groups excluding carboxylic acids is 3. The predicted molar refractivity (Wildman–Crippen MR) is 111 cm³/mol. The fourth-order valence-electron chi connectivity index (χ4n) is 3.29. The highest BCUT2D eigenvalue weighted by Crippen LogP contribution is 2.27. The van der Waals surface area contributed by atoms with Gasteiger partial charge in [-0.1, -0.05) is 18.2 Å². The first kappa shape index (κ1) is 20.4. The largest absolute Gasteiger partial charge is 0.494 e. The molecule has 0 unspecified atom stereocenters. The second-order valence-corrected chi connectivity index (χ2v) is 6.93. The van der Waals surface area contributed by atoms with E-state index in [9.17, 15) is 14.4 Å². The molecule has 29 heavy (non-hydrogen) atoms. The van der Waals surface area contributed by atoms with Crippen LogP contribution in [0, 0.1) is 5.92 Å². The summed E-state index contributed by atoms with van der Waals surface area (Å²) in [6.07, 6.45) is 0.166. The zero-order chi connectivity index (χ0) is 20.8. The topological polar surface area (TPSA) is 87.7 Å². The van der Waals surface area contributed by atoms with Crippen molar-refractivity contribution in [2.75, 3.05) is 23.4 Å². The van der Waals surface area contributed by atoms with Gasteiger partial charge in [-0.25, -0.2) is 0 Å². The molecule has 2 aromatic rings. The summed E-state index contributed by atoms with van der Waals surface area (Å²) < 4.78 is 5.41. The zero-order valence-electron chi connectivity index (χ0n) is 16.6. The molecule has 1 atom stereocenters. The van der Waals surface area contributed by atoms with Crippen molar-refractivity contribution in [2.24, 2.45) is 5.92 Å². The number of hydrogen-bond acceptors (Lipinski definition) is 4. The van der Waals surface area contributed by atoms with E-state index in [-0.39, 0.29) is 24.1 Å². The summed E-state index contributed by atoms with van der Waals surface area (Å²) in [4.78, 5) is 37.8. The van der Waals surface area contributed by atoms with Gasteiger partial charge >= 0.3 is 0 Å². The molecule has 0 radical (unpaired) electrons. The molecule has 3 amide bonds. The fourth-order valence-corrected chi connectivity index (χ4v) is 3.29. The third-order valence-electron chi connectivity index (χ3n) is 4.68. The van der Waals surface area contributed by atoms with Gasteiger partial charge in [0.1, 0.15) is 5.75 Å². The van der Waals surface area contributed by atoms with Crippen molar-refractivity contribution < 1.29 is 19.1 Å². The Balaban J connectivity index is 1.58. The van der Waals surface area contributed by atoms with Crippen LogP contribution in [0.1, 0.15) is 25.8 Å². The van der Waals surface area contributed by atoms with Gasteiger partial charge in [-0.15, -0.1) is 0 Å². The zero-order valence-corrected chi connectivity index (χ0v) is 16.6. The average Bonchev–Trinajstić information content (AvgIpc) is 3.09. The maximum absolute atomic E-state index is 12.6. The molecular weight excluding hydrogens is 370 g/mol. The van der Waals surface area contributed by atoms with E-state index in [1.54, 1.807) is 29.2 Å². The van der Waals surface area contributed by atoms with Gasteiger partial charge in [0.2, 0.25) is 17.7 Å². The van der Waals surface area contributed by atoms with Crippen molar-refractivity contribution in [3.8, 4) is 5.75 Å². The summed E-state index contributed by atoms with van der Waals surface area (Å²) in [5.74, 6) is -0.0453. The van der Waals surface area contributed by atoms with Gasteiger partial charge in [-0.2, -0.15) is 0 Å². The molecular formula is C22H25N3O4. The number of benzene rings is 2. The summed E-state index contributed by atoms with van der Waals surface area (Å²) in [7, 11) is 0. The van der Waals surface area contributed by atoms with Crippen molar-refractivity contribution in [3.63, 3.8) is 0 Å². The molecule has 1 aliphatic rings. The standard InChI is InChI=1S/C22H25N3O4/c1-3-29-20-9-7-16(8-10-20)13-23-22(28)17-11-21(27)25(14-17)19-6-4-5-18(12-19)24-15(2)26/h4-10,12,17H,3,11,13-14H2,1-2H3,(H,23,28)(H,24,26)/t17-/m1/s1. The normalized spacial score (nSPS) is 15.9. The summed E-state index contributed by atoms with van der Waals surface area (Å²) in [5.41, 5.74) is 2.25. The van der Waals surface area contributed by atoms with Crippen LogP contribution in [0.15, 0.2) is 48.5 Å². The molecule has 7 heteroatoms. The van der Waals surface area contributed by atoms with E-state index in [1.807, 2.05) is 31.2 Å². The second-order valence-electron chi connectivity index (χ2n) is 6.93. The SMILES string of the molecule is CCOc1ccc(CNC(=O)[C@@H]2CC(=O)N(c3cccc(NC(C)=O)c3)C2)cc1. The lowest BCUT2D eigenvalue weighted by atomic mass is 10.1. The van der Waals surface area contributed by atoms with Crippen molar-refractivity contribution in [1.82, 2.24) is 5.32 Å². The predicted octanol–water partition coefficient (Wildman–Crippen LogP) is 2.71. The lowest BCUT2D eigenvalue weighted by Gasteiger charge is -2.18. The summed E-state index contributed by atoms with van der Waals surface area (Å²) >= 11 is 0. The number of ether oxygens (including phenoxy) is 1. The summed E-state index contributed by atoms with van der Waals surface area (Å²) in [6.45, 7) is 4.68. The second kappa shape index (κ2) is 9.23. The molecule has 0 bridgehead atoms. The van der Waals surface area contributed by atoms with Crippen LogP contribution >= 0.6 is 0 Å². The Morgan fingerprint density at radius 3 is 2.62 bits per heavy atom. The first-order valence-corrected chi connectivity index (χ1v) is 9.63. The van der Waals surface area contributed by atoms with Crippen molar-refractivity contribution in [2.45, 2.75) is 26.8 Å². The molecule has 0 aromatic heterocycles. The first-order valence-electron chi connectivity index (χ1n) is 9.63. The molecule has 3 rings (SSSR count). The van der Waals surface area contributed by atoms with E-state index in [2.05, 4.69) is 10.6 Å². The Bertz CT molecular complexity index is 895. The molecule has 0 saturated carbocycles. The van der Waals surface area contributed by atoms with Crippen LogP contribution in [-0.2, 0) is 20.9 Å². The van der Waals surface area contributed by atoms with Crippen LogP contribution in [0.4, 0.5) is 11.4 Å². The Morgan fingerprint density at radius 2 is 1.93 bits per heavy atom. The lowest BCUT2D eigenvalue weighted by molar-refractivity contribution is -0.126. The minimum atomic E-state index is -0.408. The molecule has 0 spiro atoms. The van der Waals surface area contributed by atoms with E-state index in [0.717, 1.165) is 11.3 Å². The number of hydrogen-bond donors (Lipinski definition) is 2. The summed E-state index contributed by atoms with van der Waals surface area (Å²) in [6, 6.07) is 14.6. The Kier molecular flexibility index (Phi) is 6.49. The number of amides is 3. The van der Waals surface area contributed by atoms with Gasteiger partial charge in [0.05, 0.1) is 12.5 Å². The molecule has 2 N–H and O–H groups in total. The summed E-state index contributed by atoms with van der Waals surface area (Å²) in [5, 5.41) is 5.61. The fraction of sp³-hybridized carbons (Fsp3) is 0.318. The maximum atomic E-state index is 12.6. The van der Waals surface area contributed by atoms with Crippen molar-refractivity contribution >= 4 is 29.1 Å². The van der Waals surface area contributed by atoms with Gasteiger partial charge in [-0.3, -0.25) is 14.4 Å². The molecule has 1 heterocycles. The van der Waals surface area contributed by atoms with E-state index in [4.69, 9.17) is 4.74 Å². The quantitative estimate of drug-likeness (QED) is 0.755. The third-order valence-corrected chi connectivity index (χ3v) is 4.68. The third kappa shape index (κ3) is 5.34. The van der Waals surface area contributed by atoms with Crippen LogP contribution in [0.3, 0.4) is 0 Å². The van der Waals surface area contributed by atoms with Gasteiger partial charge < -0.3 is 20.3 Å². The Hall–Kier alpha value is -3.35. The van der Waals surface area contributed by atoms with Gasteiger partial charge in [0.15, 0.2) is 0 Å². The van der Waals surface area contributed by atoms with Crippen LogP contribution in [0.25, 0.3) is 0 Å². The highest BCUT2D eigenvalue weighted by molar-refractivity contribution is 6.01. The van der Waals surface area contributed by atoms with E-state index in [0.29, 0.717) is 31.1 Å². The number of carbonyl (C=O) groups is 3.